The van der Waals surface area contributed by atoms with E-state index in [-0.39, 0.29) is 5.54 Å². The Balaban J connectivity index is 2.03. The number of aliphatic hydroxyl groups is 1. The lowest BCUT2D eigenvalue weighted by atomic mass is 9.46. The molecular weight excluding hydrogens is 162 g/mol. The van der Waals surface area contributed by atoms with Gasteiger partial charge in [-0.3, -0.25) is 0 Å². The summed E-state index contributed by atoms with van der Waals surface area (Å²) in [5.41, 5.74) is 6.26. The summed E-state index contributed by atoms with van der Waals surface area (Å²) in [7, 11) is 0. The minimum Gasteiger partial charge on any atom is -0.390 e. The Hall–Kier alpha value is -0.0800. The molecule has 0 aromatic carbocycles. The second kappa shape index (κ2) is 1.96. The van der Waals surface area contributed by atoms with Gasteiger partial charge in [-0.1, -0.05) is 6.92 Å². The van der Waals surface area contributed by atoms with Crippen LogP contribution in [0.1, 0.15) is 45.4 Å². The van der Waals surface area contributed by atoms with Crippen LogP contribution in [-0.4, -0.2) is 16.2 Å². The first kappa shape index (κ1) is 8.25. The lowest BCUT2D eigenvalue weighted by molar-refractivity contribution is -0.165. The topological polar surface area (TPSA) is 46.2 Å². The van der Waals surface area contributed by atoms with Gasteiger partial charge in [0.15, 0.2) is 0 Å². The molecule has 2 heteroatoms. The molecule has 4 aliphatic carbocycles. The smallest absolute Gasteiger partial charge is 0.0673 e. The van der Waals surface area contributed by atoms with Crippen LogP contribution in [0.5, 0.6) is 0 Å². The first-order valence-electron chi connectivity index (χ1n) is 5.42. The quantitative estimate of drug-likeness (QED) is 0.593. The molecule has 4 fully saturated rings. The molecule has 2 nitrogen and oxygen atoms in total. The molecule has 0 aliphatic heterocycles. The highest BCUT2D eigenvalue weighted by molar-refractivity contribution is 5.14. The standard InChI is InChI=1S/C11H19NO/c1-9-2-8-3-10(12,5-9)7-11(13,4-8)6-9/h8,13H,2-7,12H2,1H3/t8-,9-,10+,11-/m1/s1. The molecule has 0 spiro atoms. The third-order valence-electron chi connectivity index (χ3n) is 4.36. The van der Waals surface area contributed by atoms with Crippen LogP contribution in [0.3, 0.4) is 0 Å². The highest BCUT2D eigenvalue weighted by atomic mass is 16.3. The summed E-state index contributed by atoms with van der Waals surface area (Å²) in [6, 6.07) is 0. The molecule has 3 N–H and O–H groups in total. The van der Waals surface area contributed by atoms with Gasteiger partial charge in [-0.25, -0.2) is 0 Å². The third-order valence-corrected chi connectivity index (χ3v) is 4.36. The van der Waals surface area contributed by atoms with Crippen molar-refractivity contribution in [3.05, 3.63) is 0 Å². The van der Waals surface area contributed by atoms with E-state index in [1.54, 1.807) is 0 Å². The van der Waals surface area contributed by atoms with Crippen LogP contribution in [0.25, 0.3) is 0 Å². The van der Waals surface area contributed by atoms with Crippen molar-refractivity contribution in [3.8, 4) is 0 Å². The van der Waals surface area contributed by atoms with E-state index in [0.29, 0.717) is 11.3 Å². The predicted octanol–water partition coefficient (Wildman–Crippen LogP) is 1.42. The fraction of sp³-hybridized carbons (Fsp3) is 1.00. The summed E-state index contributed by atoms with van der Waals surface area (Å²) < 4.78 is 0. The van der Waals surface area contributed by atoms with Gasteiger partial charge in [0.2, 0.25) is 0 Å². The van der Waals surface area contributed by atoms with Crippen molar-refractivity contribution >= 4 is 0 Å². The van der Waals surface area contributed by atoms with E-state index in [4.69, 9.17) is 5.73 Å². The zero-order chi connectivity index (χ0) is 9.32. The van der Waals surface area contributed by atoms with Gasteiger partial charge in [0.25, 0.3) is 0 Å². The van der Waals surface area contributed by atoms with Crippen LogP contribution in [0.2, 0.25) is 0 Å². The number of rotatable bonds is 0. The van der Waals surface area contributed by atoms with Crippen LogP contribution in [0.15, 0.2) is 0 Å². The summed E-state index contributed by atoms with van der Waals surface area (Å²) in [6.45, 7) is 2.31. The molecule has 4 saturated carbocycles. The first-order valence-corrected chi connectivity index (χ1v) is 5.42. The SMILES string of the molecule is C[C@@]12C[C@@H]3C[C@](N)(C1)C[C@@](O)(C3)C2. The van der Waals surface area contributed by atoms with Crippen molar-refractivity contribution in [3.63, 3.8) is 0 Å². The minimum atomic E-state index is -0.400. The fourth-order valence-electron chi connectivity index (χ4n) is 4.95. The van der Waals surface area contributed by atoms with E-state index < -0.39 is 5.60 Å². The highest BCUT2D eigenvalue weighted by Gasteiger charge is 2.59. The first-order chi connectivity index (χ1) is 5.91. The van der Waals surface area contributed by atoms with Crippen molar-refractivity contribution in [2.24, 2.45) is 17.1 Å². The van der Waals surface area contributed by atoms with Gasteiger partial charge in [-0.15, -0.1) is 0 Å². The van der Waals surface area contributed by atoms with Crippen LogP contribution in [-0.2, 0) is 0 Å². The number of hydrogen-bond acceptors (Lipinski definition) is 2. The fourth-order valence-corrected chi connectivity index (χ4v) is 4.95. The van der Waals surface area contributed by atoms with E-state index in [1.165, 1.54) is 6.42 Å². The van der Waals surface area contributed by atoms with Crippen molar-refractivity contribution in [2.45, 2.75) is 56.6 Å². The second-order valence-corrected chi connectivity index (χ2v) is 6.41. The van der Waals surface area contributed by atoms with Gasteiger partial charge in [-0.2, -0.15) is 0 Å². The Morgan fingerprint density at radius 1 is 1.15 bits per heavy atom. The molecule has 74 valence electrons. The molecule has 0 radical (unpaired) electrons. The van der Waals surface area contributed by atoms with Crippen molar-refractivity contribution in [1.29, 1.82) is 0 Å². The van der Waals surface area contributed by atoms with E-state index >= 15 is 0 Å². The Labute approximate surface area is 79.5 Å². The Bertz CT molecular complexity index is 212. The number of hydrogen-bond donors (Lipinski definition) is 2. The molecule has 4 bridgehead atoms. The van der Waals surface area contributed by atoms with E-state index in [2.05, 4.69) is 6.92 Å². The maximum absolute atomic E-state index is 10.4. The molecule has 0 unspecified atom stereocenters. The van der Waals surface area contributed by atoms with Gasteiger partial charge in [0, 0.05) is 5.54 Å². The summed E-state index contributed by atoms with van der Waals surface area (Å²) in [5, 5.41) is 10.4. The lowest BCUT2D eigenvalue weighted by Crippen LogP contribution is -2.65. The zero-order valence-corrected chi connectivity index (χ0v) is 8.34. The van der Waals surface area contributed by atoms with E-state index in [0.717, 1.165) is 32.1 Å². The molecular formula is C11H19NO. The maximum Gasteiger partial charge on any atom is 0.0673 e. The van der Waals surface area contributed by atoms with Crippen molar-refractivity contribution < 1.29 is 5.11 Å². The van der Waals surface area contributed by atoms with Gasteiger partial charge < -0.3 is 10.8 Å². The molecule has 4 rings (SSSR count). The van der Waals surface area contributed by atoms with Gasteiger partial charge in [0.1, 0.15) is 0 Å². The van der Waals surface area contributed by atoms with Gasteiger partial charge in [-0.05, 0) is 49.9 Å². The number of nitrogens with two attached hydrogens (primary N) is 1. The minimum absolute atomic E-state index is 0.0249. The lowest BCUT2D eigenvalue weighted by Gasteiger charge is -2.63. The molecule has 0 aromatic rings. The normalized spacial score (nSPS) is 64.4. The van der Waals surface area contributed by atoms with Crippen LogP contribution in [0.4, 0.5) is 0 Å². The molecule has 4 aliphatic rings. The third kappa shape index (κ3) is 1.08. The molecule has 0 amide bonds. The summed E-state index contributed by atoms with van der Waals surface area (Å²) >= 11 is 0. The molecule has 4 atom stereocenters. The van der Waals surface area contributed by atoms with E-state index in [9.17, 15) is 5.11 Å². The second-order valence-electron chi connectivity index (χ2n) is 6.41. The summed E-state index contributed by atoms with van der Waals surface area (Å²) in [4.78, 5) is 0. The van der Waals surface area contributed by atoms with E-state index in [1.807, 2.05) is 0 Å². The van der Waals surface area contributed by atoms with Crippen LogP contribution < -0.4 is 5.73 Å². The molecule has 0 saturated heterocycles. The maximum atomic E-state index is 10.4. The van der Waals surface area contributed by atoms with Crippen LogP contribution >= 0.6 is 0 Å². The Morgan fingerprint density at radius 3 is 2.46 bits per heavy atom. The Kier molecular flexibility index (Phi) is 1.24. The largest absolute Gasteiger partial charge is 0.390 e. The Morgan fingerprint density at radius 2 is 1.92 bits per heavy atom. The average Bonchev–Trinajstić information content (AvgIpc) is 1.71. The van der Waals surface area contributed by atoms with Gasteiger partial charge in [0.05, 0.1) is 5.60 Å². The van der Waals surface area contributed by atoms with Crippen molar-refractivity contribution in [2.75, 3.05) is 0 Å². The average molecular weight is 181 g/mol. The highest BCUT2D eigenvalue weighted by Crippen LogP contribution is 2.61. The molecule has 13 heavy (non-hydrogen) atoms. The predicted molar refractivity (Wildman–Crippen MR) is 51.2 cm³/mol. The van der Waals surface area contributed by atoms with Crippen LogP contribution in [0, 0.1) is 11.3 Å². The molecule has 0 heterocycles. The monoisotopic (exact) mass is 181 g/mol. The summed E-state index contributed by atoms with van der Waals surface area (Å²) in [6.07, 6.45) is 6.46. The zero-order valence-electron chi connectivity index (χ0n) is 8.34. The molecule has 0 aromatic heterocycles. The van der Waals surface area contributed by atoms with Gasteiger partial charge >= 0.3 is 0 Å². The van der Waals surface area contributed by atoms with Crippen molar-refractivity contribution in [1.82, 2.24) is 0 Å². The summed E-state index contributed by atoms with van der Waals surface area (Å²) in [5.74, 6) is 0.705.